The summed E-state index contributed by atoms with van der Waals surface area (Å²) < 4.78 is 25.0. The Hall–Kier alpha value is -11.6. The maximum absolute atomic E-state index is 14.1. The van der Waals surface area contributed by atoms with Gasteiger partial charge in [0, 0.05) is 118 Å². The van der Waals surface area contributed by atoms with Crippen LogP contribution in [0.5, 0.6) is 0 Å². The quantitative estimate of drug-likeness (QED) is 0.0255. The van der Waals surface area contributed by atoms with Gasteiger partial charge < -0.3 is 47.3 Å². The summed E-state index contributed by atoms with van der Waals surface area (Å²) in [6, 6.07) is 45.7. The number of fused-ring (bicyclic) bond motifs is 5. The largest absolute Gasteiger partial charge is 0.331 e. The molecule has 0 unspecified atom stereocenters. The number of nitrogens with zero attached hydrogens (tertiary/aromatic N) is 20. The second kappa shape index (κ2) is 52.1. The molecule has 12 aromatic heterocycles. The number of aromatic nitrogens is 15. The predicted octanol–water partition coefficient (Wildman–Crippen LogP) is 25.9. The molecule has 12 heterocycles. The van der Waals surface area contributed by atoms with E-state index in [9.17, 15) is 28.4 Å². The molecule has 0 bridgehead atoms. The normalized spacial score (nSPS) is 13.1. The monoisotopic (exact) mass is 2010 g/mol. The molecule has 0 radical (unpaired) electrons. The molecule has 31 heteroatoms. The van der Waals surface area contributed by atoms with Crippen LogP contribution in [0.3, 0.4) is 0 Å². The van der Waals surface area contributed by atoms with Crippen LogP contribution in [0.15, 0.2) is 192 Å². The molecular weight excluding hydrogens is 1880 g/mol. The Labute approximate surface area is 857 Å². The van der Waals surface area contributed by atoms with Gasteiger partial charge in [0.1, 0.15) is 72.3 Å². The van der Waals surface area contributed by atoms with Crippen LogP contribution >= 0.6 is 57.6 Å². The van der Waals surface area contributed by atoms with Crippen LogP contribution in [0.4, 0.5) is 4.39 Å². The first-order valence-electron chi connectivity index (χ1n) is 50.9. The Morgan fingerprint density at radius 3 is 1.22 bits per heavy atom. The van der Waals surface area contributed by atoms with Gasteiger partial charge in [0.25, 0.3) is 29.5 Å². The minimum absolute atomic E-state index is 0.00547. The number of hydrogen-bond acceptors (Lipinski definition) is 18. The predicted molar refractivity (Wildman–Crippen MR) is 572 cm³/mol. The first kappa shape index (κ1) is 106. The highest BCUT2D eigenvalue weighted by Crippen LogP contribution is 2.38. The number of carbonyl (C=O) groups excluding carboxylic acids is 5. The van der Waals surface area contributed by atoms with Crippen molar-refractivity contribution in [2.75, 3.05) is 38.5 Å². The minimum atomic E-state index is -0.359. The molecule has 15 aromatic rings. The average Bonchev–Trinajstić information content (AvgIpc) is 1.65. The topological polar surface area (TPSA) is 255 Å². The fourth-order valence-corrected chi connectivity index (χ4v) is 20.6. The van der Waals surface area contributed by atoms with E-state index in [2.05, 4.69) is 124 Å². The third kappa shape index (κ3) is 28.3. The third-order valence-corrected chi connectivity index (χ3v) is 29.2. The second-order valence-corrected chi connectivity index (χ2v) is 42.5. The van der Waals surface area contributed by atoms with E-state index in [0.717, 1.165) is 212 Å². The Bertz CT molecular complexity index is 6650. The van der Waals surface area contributed by atoms with Crippen molar-refractivity contribution in [2.45, 2.75) is 262 Å². The van der Waals surface area contributed by atoms with E-state index in [1.165, 1.54) is 72.2 Å². The van der Waals surface area contributed by atoms with Crippen molar-refractivity contribution in [1.29, 1.82) is 0 Å². The van der Waals surface area contributed by atoms with Gasteiger partial charge in [-0.3, -0.25) is 24.0 Å². The van der Waals surface area contributed by atoms with Crippen molar-refractivity contribution in [3.63, 3.8) is 0 Å². The molecule has 3 aliphatic rings. The number of halogens is 3. The molecule has 25 nitrogen and oxygen atoms in total. The van der Waals surface area contributed by atoms with Crippen molar-refractivity contribution in [1.82, 2.24) is 97.2 Å². The van der Waals surface area contributed by atoms with Gasteiger partial charge in [-0.15, -0.1) is 34.4 Å². The fourth-order valence-electron chi connectivity index (χ4n) is 17.7. The number of thiophene rings is 2. The number of benzene rings is 3. The summed E-state index contributed by atoms with van der Waals surface area (Å²) in [7, 11) is 0. The van der Waals surface area contributed by atoms with Crippen LogP contribution in [0.2, 0.25) is 10.0 Å². The SMILES string of the molecule is CC(C)CCN(Cc1nc2cccnc2n1C1CCCC1)C(=O)c1ccccc1.CC(C)CN(Cc1nc2cccnc2n1CC1CC1)C(=O)c1sccc1Cl.CCCCCN(Cc1nc2cccnc2n1CC1CC1)C(=O)c1sccc1Cl.CCCCN(Cc1nc2cccnc2n1CCC)C(=O)c1ccc(SCC)cc1.CCCn1c(CN(CCC(C)C)C(=O)c2ccc(C)c(F)c2)nc2cccnc21. The average molecular weight is 2020 g/mol. The van der Waals surface area contributed by atoms with Gasteiger partial charge in [0.15, 0.2) is 28.2 Å². The molecule has 142 heavy (non-hydrogen) atoms. The summed E-state index contributed by atoms with van der Waals surface area (Å²) in [5.74, 6) is 7.84. The lowest BCUT2D eigenvalue weighted by Gasteiger charge is -2.25. The summed E-state index contributed by atoms with van der Waals surface area (Å²) >= 11 is 17.0. The molecule has 0 atom stereocenters. The molecule has 18 rings (SSSR count). The molecule has 750 valence electrons. The smallest absolute Gasteiger partial charge is 0.265 e. The number of rotatable bonds is 41. The van der Waals surface area contributed by atoms with Crippen LogP contribution in [-0.4, -0.2) is 165 Å². The zero-order chi connectivity index (χ0) is 100. The Morgan fingerprint density at radius 1 is 0.408 bits per heavy atom. The summed E-state index contributed by atoms with van der Waals surface area (Å²) in [6.45, 7) is 34.5. The lowest BCUT2D eigenvalue weighted by Crippen LogP contribution is -2.34. The second-order valence-electron chi connectivity index (χ2n) is 38.5. The lowest BCUT2D eigenvalue weighted by molar-refractivity contribution is 0.0716. The highest BCUT2D eigenvalue weighted by Gasteiger charge is 2.33. The minimum Gasteiger partial charge on any atom is -0.331 e. The molecule has 5 amide bonds. The van der Waals surface area contributed by atoms with E-state index < -0.39 is 0 Å². The first-order chi connectivity index (χ1) is 68.9. The van der Waals surface area contributed by atoms with Crippen molar-refractivity contribution in [2.24, 2.45) is 29.6 Å². The first-order valence-corrected chi connectivity index (χ1v) is 54.4. The van der Waals surface area contributed by atoms with Crippen LogP contribution in [-0.2, 0) is 58.9 Å². The van der Waals surface area contributed by atoms with Crippen molar-refractivity contribution in [3.8, 4) is 0 Å². The number of carbonyl (C=O) groups is 5. The molecule has 3 aliphatic carbocycles. The Balaban J connectivity index is 0.000000141. The maximum atomic E-state index is 14.1. The van der Waals surface area contributed by atoms with Gasteiger partial charge >= 0.3 is 0 Å². The van der Waals surface area contributed by atoms with Gasteiger partial charge in [-0.25, -0.2) is 54.2 Å². The van der Waals surface area contributed by atoms with E-state index in [1.807, 2.05) is 158 Å². The molecule has 3 fully saturated rings. The van der Waals surface area contributed by atoms with E-state index in [-0.39, 0.29) is 35.4 Å². The van der Waals surface area contributed by atoms with Gasteiger partial charge in [-0.1, -0.05) is 156 Å². The van der Waals surface area contributed by atoms with Crippen LogP contribution in [0.1, 0.15) is 276 Å². The summed E-state index contributed by atoms with van der Waals surface area (Å²) in [4.78, 5) is 125. The number of imidazole rings is 5. The number of unbranched alkanes of at least 4 members (excludes halogenated alkanes) is 3. The summed E-state index contributed by atoms with van der Waals surface area (Å²) in [5, 5.41) is 4.78. The third-order valence-electron chi connectivity index (χ3n) is 25.6. The van der Waals surface area contributed by atoms with Crippen molar-refractivity contribution < 1.29 is 28.4 Å². The Morgan fingerprint density at radius 2 is 0.796 bits per heavy atom. The van der Waals surface area contributed by atoms with Gasteiger partial charge in [0.2, 0.25) is 0 Å². The zero-order valence-electron chi connectivity index (χ0n) is 84.3. The zero-order valence-corrected chi connectivity index (χ0v) is 88.3. The summed E-state index contributed by atoms with van der Waals surface area (Å²) in [5.41, 5.74) is 11.3. The molecule has 0 aliphatic heterocycles. The van der Waals surface area contributed by atoms with Gasteiger partial charge in [-0.05, 0) is 257 Å². The fraction of sp³-hybridized carbons (Fsp3) is 0.450. The standard InChI is InChI=1S/C24H30N4O.C23H29FN4O.C23H30N4OS.C21H25ClN4OS.C20H23ClN4OS/c1-18(2)14-16-27(24(29)19-9-4-3-5-10-19)17-22-26-21-13-8-15-25-23(21)28(22)20-11-6-7-12-20;1-5-12-28-21(26-20-7-6-11-25-22(20)28)15-27(13-10-16(2)3)23(29)18-9-8-17(4)19(24)14-18;1-4-7-16-26(23(28)18-10-12-19(13-11-18)29-6-3)17-21-25-20-9-8-14-24-22(20)27(21)15-5-2;1-2-3-4-11-25(21(27)19-16(22)9-12-28-19)14-18-24-17-6-5-10-23-20(17)26(18)13-15-7-8-15;1-13(2)10-24(20(26)18-15(21)7-9-27-18)12-17-23-16-4-3-8-22-19(16)25(17)11-14-5-6-14/h3-5,8-10,13,15,18,20H,6-7,11-12,14,16-17H2,1-2H3;6-9,11,14,16H,5,10,12-13,15H2,1-4H3;8-14H,4-7,15-17H2,1-3H3;5-6,9-10,12,15H,2-4,7-8,11,13-14H2,1H3;3-4,7-9,13-14H,5-6,10-12H2,1-2H3. The van der Waals surface area contributed by atoms with Crippen LogP contribution < -0.4 is 0 Å². The highest BCUT2D eigenvalue weighted by molar-refractivity contribution is 7.99. The molecule has 3 aromatic carbocycles. The van der Waals surface area contributed by atoms with Crippen LogP contribution in [0, 0.1) is 42.3 Å². The highest BCUT2D eigenvalue weighted by atomic mass is 35.5. The molecule has 3 saturated carbocycles. The summed E-state index contributed by atoms with van der Waals surface area (Å²) in [6.07, 6.45) is 27.9. The van der Waals surface area contributed by atoms with E-state index >= 15 is 0 Å². The molecule has 0 spiro atoms. The molecule has 0 saturated heterocycles. The van der Waals surface area contributed by atoms with E-state index in [0.29, 0.717) is 119 Å². The maximum Gasteiger partial charge on any atom is 0.265 e. The molecular formula is C111H137Cl2FN20O5S3. The number of amides is 5. The van der Waals surface area contributed by atoms with Crippen molar-refractivity contribution in [3.05, 3.63) is 264 Å². The Kier molecular flexibility index (Phi) is 38.9. The van der Waals surface area contributed by atoms with Gasteiger partial charge in [0.05, 0.1) is 42.8 Å². The van der Waals surface area contributed by atoms with Gasteiger partial charge in [-0.2, -0.15) is 0 Å². The van der Waals surface area contributed by atoms with E-state index in [4.69, 9.17) is 48.1 Å². The van der Waals surface area contributed by atoms with Crippen molar-refractivity contribution >= 4 is 143 Å². The number of pyridine rings is 5. The lowest BCUT2D eigenvalue weighted by atomic mass is 10.1. The van der Waals surface area contributed by atoms with E-state index in [1.54, 1.807) is 66.4 Å². The number of hydrogen-bond donors (Lipinski definition) is 0. The molecule has 0 N–H and O–H groups in total. The number of aryl methyl sites for hydroxylation is 3. The van der Waals surface area contributed by atoms with Crippen LogP contribution in [0.25, 0.3) is 55.8 Å². The number of thioether (sulfide) groups is 1.